The van der Waals surface area contributed by atoms with E-state index in [1.165, 1.54) is 4.90 Å². The second-order valence-electron chi connectivity index (χ2n) is 6.45. The summed E-state index contributed by atoms with van der Waals surface area (Å²) in [5.74, 6) is -0.375. The van der Waals surface area contributed by atoms with Crippen molar-refractivity contribution in [2.75, 3.05) is 4.90 Å². The summed E-state index contributed by atoms with van der Waals surface area (Å²) in [4.78, 5) is 27.5. The molecular formula is C22H18NO2PS. The molecule has 3 aromatic carbocycles. The fraction of sp³-hybridized carbons (Fsp3) is 0.0909. The Morgan fingerprint density at radius 2 is 1.19 bits per heavy atom. The van der Waals surface area contributed by atoms with Crippen molar-refractivity contribution in [3.05, 3.63) is 91.0 Å². The number of carbonyl (C=O) groups excluding carboxylic acids is 2. The summed E-state index contributed by atoms with van der Waals surface area (Å²) in [6.07, 6.45) is 0.148. The minimum atomic E-state index is -2.50. The number of anilines is 1. The van der Waals surface area contributed by atoms with Crippen molar-refractivity contribution in [3.8, 4) is 0 Å². The molecule has 0 N–H and O–H groups in total. The second kappa shape index (κ2) is 7.22. The van der Waals surface area contributed by atoms with Gasteiger partial charge in [0, 0.05) is 12.5 Å². The molecule has 4 rings (SSSR count). The fourth-order valence-electron chi connectivity index (χ4n) is 3.56. The van der Waals surface area contributed by atoms with E-state index in [9.17, 15) is 9.59 Å². The smallest absolute Gasteiger partial charge is 0.243 e. The van der Waals surface area contributed by atoms with Crippen LogP contribution in [0.15, 0.2) is 91.0 Å². The van der Waals surface area contributed by atoms with Gasteiger partial charge < -0.3 is 0 Å². The summed E-state index contributed by atoms with van der Waals surface area (Å²) in [6.45, 7) is 0. The molecular weight excluding hydrogens is 373 g/mol. The number of amides is 2. The van der Waals surface area contributed by atoms with E-state index in [0.29, 0.717) is 5.69 Å². The number of rotatable bonds is 4. The zero-order valence-corrected chi connectivity index (χ0v) is 16.3. The molecule has 27 heavy (non-hydrogen) atoms. The summed E-state index contributed by atoms with van der Waals surface area (Å²) >= 11 is 6.24. The van der Waals surface area contributed by atoms with Crippen LogP contribution in [0, 0.1) is 0 Å². The van der Waals surface area contributed by atoms with Crippen LogP contribution >= 0.6 is 6.04 Å². The van der Waals surface area contributed by atoms with Gasteiger partial charge in [-0.2, -0.15) is 0 Å². The number of imide groups is 1. The standard InChI is InChI=1S/C22H18NO2PS/c24-21-16-20(22(25)23(21)17-10-4-1-5-11-17)26(27,18-12-6-2-7-13-18)19-14-8-3-9-15-19/h1-15,20H,16H2. The van der Waals surface area contributed by atoms with E-state index in [1.54, 1.807) is 12.1 Å². The van der Waals surface area contributed by atoms with E-state index in [2.05, 4.69) is 0 Å². The van der Waals surface area contributed by atoms with E-state index in [1.807, 2.05) is 78.9 Å². The SMILES string of the molecule is O=C1CC(P(=S)(c2ccccc2)c2ccccc2)C(=O)N1c1ccccc1. The Kier molecular flexibility index (Phi) is 4.77. The van der Waals surface area contributed by atoms with Crippen molar-refractivity contribution >= 4 is 46.0 Å². The molecule has 1 aliphatic heterocycles. The van der Waals surface area contributed by atoms with Crippen molar-refractivity contribution in [2.24, 2.45) is 0 Å². The van der Waals surface area contributed by atoms with Gasteiger partial charge in [0.1, 0.15) is 0 Å². The molecule has 1 fully saturated rings. The lowest BCUT2D eigenvalue weighted by Crippen LogP contribution is -2.35. The monoisotopic (exact) mass is 391 g/mol. The predicted octanol–water partition coefficient (Wildman–Crippen LogP) is 3.45. The largest absolute Gasteiger partial charge is 0.274 e. The number of carbonyl (C=O) groups is 2. The normalized spacial score (nSPS) is 17.3. The van der Waals surface area contributed by atoms with E-state index < -0.39 is 11.7 Å². The van der Waals surface area contributed by atoms with Gasteiger partial charge in [0.05, 0.1) is 11.3 Å². The molecule has 5 heteroatoms. The lowest BCUT2D eigenvalue weighted by Gasteiger charge is -2.28. The minimum Gasteiger partial charge on any atom is -0.274 e. The first-order valence-corrected chi connectivity index (χ1v) is 11.6. The van der Waals surface area contributed by atoms with E-state index >= 15 is 0 Å². The lowest BCUT2D eigenvalue weighted by atomic mass is 10.3. The molecule has 0 radical (unpaired) electrons. The fourth-order valence-corrected chi connectivity index (χ4v) is 7.87. The van der Waals surface area contributed by atoms with Crippen LogP contribution in [0.1, 0.15) is 6.42 Å². The van der Waals surface area contributed by atoms with Gasteiger partial charge in [-0.15, -0.1) is 0 Å². The van der Waals surface area contributed by atoms with E-state index in [4.69, 9.17) is 11.8 Å². The van der Waals surface area contributed by atoms with E-state index in [0.717, 1.165) is 10.6 Å². The van der Waals surface area contributed by atoms with Gasteiger partial charge in [-0.3, -0.25) is 9.59 Å². The van der Waals surface area contributed by atoms with Crippen LogP contribution in [0.25, 0.3) is 0 Å². The molecule has 0 bridgehead atoms. The van der Waals surface area contributed by atoms with Crippen molar-refractivity contribution in [2.45, 2.75) is 12.1 Å². The first-order valence-electron chi connectivity index (χ1n) is 8.75. The highest BCUT2D eigenvalue weighted by Crippen LogP contribution is 2.53. The molecule has 1 unspecified atom stereocenters. The molecule has 1 aliphatic rings. The zero-order valence-electron chi connectivity index (χ0n) is 14.6. The molecule has 1 saturated heterocycles. The highest BCUT2D eigenvalue weighted by molar-refractivity contribution is 8.22. The summed E-state index contributed by atoms with van der Waals surface area (Å²) in [6, 6.07) is 26.2. The highest BCUT2D eigenvalue weighted by atomic mass is 32.4. The Hall–Kier alpha value is -2.55. The summed E-state index contributed by atoms with van der Waals surface area (Å²) < 4.78 is 0. The van der Waals surface area contributed by atoms with Crippen LogP contribution in [0.3, 0.4) is 0 Å². The van der Waals surface area contributed by atoms with Crippen LogP contribution in [0.5, 0.6) is 0 Å². The quantitative estimate of drug-likeness (QED) is 0.505. The Morgan fingerprint density at radius 1 is 0.741 bits per heavy atom. The molecule has 2 amide bonds. The second-order valence-corrected chi connectivity index (χ2v) is 11.2. The number of nitrogens with zero attached hydrogens (tertiary/aromatic N) is 1. The first-order chi connectivity index (χ1) is 13.1. The van der Waals surface area contributed by atoms with Gasteiger partial charge in [0.15, 0.2) is 0 Å². The highest BCUT2D eigenvalue weighted by Gasteiger charge is 2.48. The van der Waals surface area contributed by atoms with Crippen molar-refractivity contribution in [1.82, 2.24) is 0 Å². The zero-order chi connectivity index (χ0) is 18.9. The molecule has 134 valence electrons. The van der Waals surface area contributed by atoms with Crippen LogP contribution in [-0.2, 0) is 21.4 Å². The Morgan fingerprint density at radius 3 is 1.67 bits per heavy atom. The van der Waals surface area contributed by atoms with Crippen LogP contribution < -0.4 is 15.5 Å². The van der Waals surface area contributed by atoms with Crippen LogP contribution in [-0.4, -0.2) is 17.5 Å². The third-order valence-electron chi connectivity index (χ3n) is 4.86. The average molecular weight is 391 g/mol. The Labute approximate surface area is 163 Å². The van der Waals surface area contributed by atoms with Gasteiger partial charge in [0.25, 0.3) is 0 Å². The van der Waals surface area contributed by atoms with Crippen LogP contribution in [0.4, 0.5) is 5.69 Å². The summed E-state index contributed by atoms with van der Waals surface area (Å²) in [5.41, 5.74) is 0.0858. The molecule has 3 aromatic rings. The molecule has 0 aliphatic carbocycles. The van der Waals surface area contributed by atoms with Gasteiger partial charge in [0.2, 0.25) is 11.8 Å². The number of hydrogen-bond donors (Lipinski definition) is 0. The third-order valence-corrected chi connectivity index (χ3v) is 10.3. The average Bonchev–Trinajstić information content (AvgIpc) is 3.04. The Bertz CT molecular complexity index is 978. The first kappa shape index (κ1) is 17.8. The van der Waals surface area contributed by atoms with Gasteiger partial charge in [-0.25, -0.2) is 4.90 Å². The van der Waals surface area contributed by atoms with Gasteiger partial charge in [-0.05, 0) is 22.7 Å². The number of para-hydroxylation sites is 1. The topological polar surface area (TPSA) is 37.4 Å². The molecule has 0 spiro atoms. The number of benzene rings is 3. The Balaban J connectivity index is 1.84. The summed E-state index contributed by atoms with van der Waals surface area (Å²) in [5, 5.41) is 1.93. The lowest BCUT2D eigenvalue weighted by molar-refractivity contribution is -0.121. The maximum Gasteiger partial charge on any atom is 0.243 e. The van der Waals surface area contributed by atoms with Gasteiger partial charge >= 0.3 is 0 Å². The van der Waals surface area contributed by atoms with Gasteiger partial charge in [-0.1, -0.05) is 90.7 Å². The maximum absolute atomic E-state index is 13.4. The summed E-state index contributed by atoms with van der Waals surface area (Å²) in [7, 11) is 0. The van der Waals surface area contributed by atoms with Crippen molar-refractivity contribution in [1.29, 1.82) is 0 Å². The molecule has 0 saturated carbocycles. The maximum atomic E-state index is 13.4. The molecule has 0 aromatic heterocycles. The molecule has 1 atom stereocenters. The van der Waals surface area contributed by atoms with Crippen molar-refractivity contribution < 1.29 is 9.59 Å². The molecule has 1 heterocycles. The van der Waals surface area contributed by atoms with E-state index in [-0.39, 0.29) is 18.2 Å². The minimum absolute atomic E-state index is 0.148. The number of hydrogen-bond acceptors (Lipinski definition) is 3. The predicted molar refractivity (Wildman–Crippen MR) is 114 cm³/mol. The van der Waals surface area contributed by atoms with Crippen molar-refractivity contribution in [3.63, 3.8) is 0 Å². The molecule has 3 nitrogen and oxygen atoms in total. The van der Waals surface area contributed by atoms with Crippen LogP contribution in [0.2, 0.25) is 0 Å². The third kappa shape index (κ3) is 3.05.